The molecular formula is C11H20N2O. The van der Waals surface area contributed by atoms with Crippen LogP contribution in [0.1, 0.15) is 27.2 Å². The first kappa shape index (κ1) is 9.97. The van der Waals surface area contributed by atoms with E-state index in [-0.39, 0.29) is 0 Å². The molecule has 80 valence electrons. The zero-order valence-corrected chi connectivity index (χ0v) is 9.42. The largest absolute Gasteiger partial charge is 0.341 e. The number of carbonyl (C=O) groups excluding carboxylic acids is 1. The van der Waals surface area contributed by atoms with Crippen LogP contribution in [-0.4, -0.2) is 47.9 Å². The molecule has 0 N–H and O–H groups in total. The fourth-order valence-electron chi connectivity index (χ4n) is 2.54. The van der Waals surface area contributed by atoms with Crippen LogP contribution >= 0.6 is 0 Å². The Morgan fingerprint density at radius 3 is 2.29 bits per heavy atom. The normalized spacial score (nSPS) is 25.0. The second-order valence-electron chi connectivity index (χ2n) is 5.10. The summed E-state index contributed by atoms with van der Waals surface area (Å²) in [5, 5.41) is 0. The van der Waals surface area contributed by atoms with Gasteiger partial charge < -0.3 is 4.90 Å². The first-order chi connectivity index (χ1) is 6.56. The Labute approximate surface area is 86.1 Å². The van der Waals surface area contributed by atoms with E-state index in [1.165, 1.54) is 13.1 Å². The SMILES string of the molecule is CCC(=O)N1CC2(C1)CN(C(C)C)C2. The molecule has 1 amide bonds. The zero-order valence-electron chi connectivity index (χ0n) is 9.42. The molecule has 2 rings (SSSR count). The first-order valence-corrected chi connectivity index (χ1v) is 5.58. The van der Waals surface area contributed by atoms with Crippen molar-refractivity contribution in [2.45, 2.75) is 33.2 Å². The van der Waals surface area contributed by atoms with Gasteiger partial charge in [0.2, 0.25) is 5.91 Å². The number of amides is 1. The van der Waals surface area contributed by atoms with Crippen LogP contribution in [0.15, 0.2) is 0 Å². The highest BCUT2D eigenvalue weighted by Crippen LogP contribution is 2.40. The minimum atomic E-state index is 0.318. The molecule has 3 nitrogen and oxygen atoms in total. The van der Waals surface area contributed by atoms with E-state index in [0.717, 1.165) is 13.1 Å². The predicted molar refractivity (Wildman–Crippen MR) is 56.0 cm³/mol. The molecule has 14 heavy (non-hydrogen) atoms. The van der Waals surface area contributed by atoms with Gasteiger partial charge in [0, 0.05) is 44.1 Å². The van der Waals surface area contributed by atoms with Gasteiger partial charge in [-0.15, -0.1) is 0 Å². The zero-order chi connectivity index (χ0) is 10.3. The van der Waals surface area contributed by atoms with Gasteiger partial charge in [0.15, 0.2) is 0 Å². The average molecular weight is 196 g/mol. The Kier molecular flexibility index (Phi) is 2.30. The maximum atomic E-state index is 11.3. The lowest BCUT2D eigenvalue weighted by Crippen LogP contribution is -2.73. The van der Waals surface area contributed by atoms with Gasteiger partial charge in [-0.1, -0.05) is 6.92 Å². The van der Waals surface area contributed by atoms with E-state index in [1.807, 2.05) is 11.8 Å². The van der Waals surface area contributed by atoms with Crippen LogP contribution in [0, 0.1) is 5.41 Å². The second kappa shape index (κ2) is 3.23. The monoisotopic (exact) mass is 196 g/mol. The molecule has 0 aromatic rings. The maximum absolute atomic E-state index is 11.3. The molecule has 0 radical (unpaired) electrons. The van der Waals surface area contributed by atoms with Crippen LogP contribution in [0.4, 0.5) is 0 Å². The van der Waals surface area contributed by atoms with Gasteiger partial charge in [0.05, 0.1) is 0 Å². The summed E-state index contributed by atoms with van der Waals surface area (Å²) in [6, 6.07) is 0.663. The van der Waals surface area contributed by atoms with E-state index in [4.69, 9.17) is 0 Å². The van der Waals surface area contributed by atoms with E-state index in [0.29, 0.717) is 23.8 Å². The Balaban J connectivity index is 1.77. The lowest BCUT2D eigenvalue weighted by Gasteiger charge is -2.61. The summed E-state index contributed by atoms with van der Waals surface area (Å²) in [5.41, 5.74) is 0.481. The third kappa shape index (κ3) is 1.44. The highest BCUT2D eigenvalue weighted by atomic mass is 16.2. The van der Waals surface area contributed by atoms with E-state index < -0.39 is 0 Å². The molecule has 0 bridgehead atoms. The smallest absolute Gasteiger partial charge is 0.222 e. The third-order valence-electron chi connectivity index (χ3n) is 3.51. The Hall–Kier alpha value is -0.570. The molecule has 0 aliphatic carbocycles. The van der Waals surface area contributed by atoms with Crippen LogP contribution in [0.5, 0.6) is 0 Å². The van der Waals surface area contributed by atoms with Crippen molar-refractivity contribution >= 4 is 5.91 Å². The highest BCUT2D eigenvalue weighted by molar-refractivity contribution is 5.77. The molecule has 0 unspecified atom stereocenters. The Bertz CT molecular complexity index is 236. The van der Waals surface area contributed by atoms with E-state index in [1.54, 1.807) is 0 Å². The summed E-state index contributed by atoms with van der Waals surface area (Å²) in [5.74, 6) is 0.318. The fourth-order valence-corrected chi connectivity index (χ4v) is 2.54. The Morgan fingerprint density at radius 2 is 1.86 bits per heavy atom. The molecule has 2 aliphatic heterocycles. The van der Waals surface area contributed by atoms with Crippen LogP contribution in [0.2, 0.25) is 0 Å². The highest BCUT2D eigenvalue weighted by Gasteiger charge is 2.52. The molecule has 2 fully saturated rings. The number of carbonyl (C=O) groups is 1. The minimum absolute atomic E-state index is 0.318. The molecule has 2 saturated heterocycles. The van der Waals surface area contributed by atoms with Crippen molar-refractivity contribution in [3.63, 3.8) is 0 Å². The second-order valence-corrected chi connectivity index (χ2v) is 5.10. The van der Waals surface area contributed by atoms with Gasteiger partial charge >= 0.3 is 0 Å². The van der Waals surface area contributed by atoms with Crippen molar-refractivity contribution in [1.82, 2.24) is 9.80 Å². The van der Waals surface area contributed by atoms with Crippen molar-refractivity contribution in [2.75, 3.05) is 26.2 Å². The summed E-state index contributed by atoms with van der Waals surface area (Å²) in [6.07, 6.45) is 0.657. The lowest BCUT2D eigenvalue weighted by atomic mass is 9.72. The molecule has 2 aliphatic rings. The molecule has 0 saturated carbocycles. The van der Waals surface area contributed by atoms with Gasteiger partial charge in [-0.2, -0.15) is 0 Å². The lowest BCUT2D eigenvalue weighted by molar-refractivity contribution is -0.161. The minimum Gasteiger partial charge on any atom is -0.341 e. The van der Waals surface area contributed by atoms with E-state index in [2.05, 4.69) is 18.7 Å². The summed E-state index contributed by atoms with van der Waals surface area (Å²) in [4.78, 5) is 15.8. The predicted octanol–water partition coefficient (Wildman–Crippen LogP) is 0.949. The van der Waals surface area contributed by atoms with Gasteiger partial charge in [-0.25, -0.2) is 0 Å². The van der Waals surface area contributed by atoms with E-state index in [9.17, 15) is 4.79 Å². The molecular weight excluding hydrogens is 176 g/mol. The van der Waals surface area contributed by atoms with Crippen LogP contribution in [-0.2, 0) is 4.79 Å². The number of hydrogen-bond donors (Lipinski definition) is 0. The number of nitrogens with zero attached hydrogens (tertiary/aromatic N) is 2. The number of hydrogen-bond acceptors (Lipinski definition) is 2. The molecule has 0 aromatic heterocycles. The molecule has 1 spiro atoms. The number of likely N-dealkylation sites (tertiary alicyclic amines) is 2. The maximum Gasteiger partial charge on any atom is 0.222 e. The molecule has 2 heterocycles. The fraction of sp³-hybridized carbons (Fsp3) is 0.909. The van der Waals surface area contributed by atoms with Crippen LogP contribution in [0.3, 0.4) is 0 Å². The molecule has 0 atom stereocenters. The number of rotatable bonds is 2. The standard InChI is InChI=1S/C11H20N2O/c1-4-10(14)13-7-11(8-13)5-12(6-11)9(2)3/h9H,4-8H2,1-3H3. The van der Waals surface area contributed by atoms with Crippen molar-refractivity contribution in [1.29, 1.82) is 0 Å². The third-order valence-corrected chi connectivity index (χ3v) is 3.51. The van der Waals surface area contributed by atoms with Gasteiger partial charge in [0.1, 0.15) is 0 Å². The quantitative estimate of drug-likeness (QED) is 0.656. The van der Waals surface area contributed by atoms with Crippen molar-refractivity contribution in [3.8, 4) is 0 Å². The summed E-state index contributed by atoms with van der Waals surface area (Å²) in [7, 11) is 0. The Morgan fingerprint density at radius 1 is 1.29 bits per heavy atom. The summed E-state index contributed by atoms with van der Waals surface area (Å²) in [6.45, 7) is 10.8. The van der Waals surface area contributed by atoms with E-state index >= 15 is 0 Å². The topological polar surface area (TPSA) is 23.6 Å². The van der Waals surface area contributed by atoms with Gasteiger partial charge in [-0.3, -0.25) is 9.69 Å². The summed E-state index contributed by atoms with van der Waals surface area (Å²) >= 11 is 0. The summed E-state index contributed by atoms with van der Waals surface area (Å²) < 4.78 is 0. The van der Waals surface area contributed by atoms with Crippen LogP contribution in [0.25, 0.3) is 0 Å². The molecule has 3 heteroatoms. The van der Waals surface area contributed by atoms with Crippen molar-refractivity contribution < 1.29 is 4.79 Å². The first-order valence-electron chi connectivity index (χ1n) is 5.58. The van der Waals surface area contributed by atoms with Gasteiger partial charge in [0.25, 0.3) is 0 Å². The van der Waals surface area contributed by atoms with Gasteiger partial charge in [-0.05, 0) is 13.8 Å². The molecule has 0 aromatic carbocycles. The average Bonchev–Trinajstić information content (AvgIpc) is 1.98. The van der Waals surface area contributed by atoms with Crippen molar-refractivity contribution in [3.05, 3.63) is 0 Å². The van der Waals surface area contributed by atoms with Crippen molar-refractivity contribution in [2.24, 2.45) is 5.41 Å². The van der Waals surface area contributed by atoms with Crippen LogP contribution < -0.4 is 0 Å².